The third-order valence-electron chi connectivity index (χ3n) is 5.13. The molecule has 2 aromatic heterocycles. The second-order valence-electron chi connectivity index (χ2n) is 7.42. The molecule has 4 rings (SSSR count). The third kappa shape index (κ3) is 4.22. The van der Waals surface area contributed by atoms with Gasteiger partial charge in [-0.2, -0.15) is 4.98 Å². The van der Waals surface area contributed by atoms with Gasteiger partial charge in [-0.1, -0.05) is 5.16 Å². The summed E-state index contributed by atoms with van der Waals surface area (Å²) in [5.74, 6) is 2.19. The van der Waals surface area contributed by atoms with E-state index in [4.69, 9.17) is 4.52 Å². The summed E-state index contributed by atoms with van der Waals surface area (Å²) in [6, 6.07) is 0.520. The predicted molar refractivity (Wildman–Crippen MR) is 92.8 cm³/mol. The number of piperidine rings is 1. The number of likely N-dealkylation sites (N-methyl/N-ethyl adjacent to an activating group) is 1. The Bertz CT molecular complexity index is 696. The molecule has 0 bridgehead atoms. The van der Waals surface area contributed by atoms with Gasteiger partial charge in [-0.05, 0) is 46.2 Å². The number of nitrogens with zero attached hydrogens (tertiary/aromatic N) is 6. The van der Waals surface area contributed by atoms with E-state index in [0.717, 1.165) is 49.3 Å². The van der Waals surface area contributed by atoms with Crippen LogP contribution < -0.4 is 0 Å². The molecule has 0 aromatic carbocycles. The molecule has 2 aromatic rings. The van der Waals surface area contributed by atoms with E-state index >= 15 is 0 Å². The highest BCUT2D eigenvalue weighted by molar-refractivity contribution is 5.02. The molecule has 1 saturated carbocycles. The van der Waals surface area contributed by atoms with E-state index in [2.05, 4.69) is 37.0 Å². The minimum absolute atomic E-state index is 0.520. The molecule has 7 heteroatoms. The van der Waals surface area contributed by atoms with Crippen LogP contribution in [-0.2, 0) is 13.1 Å². The summed E-state index contributed by atoms with van der Waals surface area (Å²) in [5.41, 5.74) is 1.98. The fourth-order valence-electron chi connectivity index (χ4n) is 3.45. The van der Waals surface area contributed by atoms with Crippen LogP contribution in [0.3, 0.4) is 0 Å². The van der Waals surface area contributed by atoms with Crippen LogP contribution in [0.5, 0.6) is 0 Å². The molecule has 2 fully saturated rings. The summed E-state index contributed by atoms with van der Waals surface area (Å²) in [6.45, 7) is 5.71. The van der Waals surface area contributed by atoms with Crippen LogP contribution in [0.1, 0.15) is 54.7 Å². The van der Waals surface area contributed by atoms with Gasteiger partial charge in [0.2, 0.25) is 5.89 Å². The molecular weight excluding hydrogens is 316 g/mol. The monoisotopic (exact) mass is 342 g/mol. The largest absolute Gasteiger partial charge is 0.339 e. The highest BCUT2D eigenvalue weighted by atomic mass is 16.5. The Balaban J connectivity index is 1.32. The van der Waals surface area contributed by atoms with Gasteiger partial charge in [-0.25, -0.2) is 0 Å². The Morgan fingerprint density at radius 3 is 2.88 bits per heavy atom. The molecule has 1 aliphatic heterocycles. The van der Waals surface area contributed by atoms with Crippen LogP contribution in [0.2, 0.25) is 0 Å². The van der Waals surface area contributed by atoms with Gasteiger partial charge in [0.1, 0.15) is 0 Å². The van der Waals surface area contributed by atoms with Crippen molar-refractivity contribution < 1.29 is 4.52 Å². The van der Waals surface area contributed by atoms with Crippen LogP contribution in [0.4, 0.5) is 0 Å². The molecule has 3 heterocycles. The average molecular weight is 342 g/mol. The van der Waals surface area contributed by atoms with E-state index in [-0.39, 0.29) is 0 Å². The maximum atomic E-state index is 5.38. The number of aryl methyl sites for hydroxylation is 1. The molecule has 2 aliphatic rings. The van der Waals surface area contributed by atoms with Gasteiger partial charge in [0.05, 0.1) is 17.9 Å². The Hall–Kier alpha value is -1.86. The molecule has 0 unspecified atom stereocenters. The first-order valence-electron chi connectivity index (χ1n) is 9.20. The smallest absolute Gasteiger partial charge is 0.229 e. The molecule has 0 amide bonds. The van der Waals surface area contributed by atoms with Crippen molar-refractivity contribution in [3.63, 3.8) is 0 Å². The second-order valence-corrected chi connectivity index (χ2v) is 7.42. The molecule has 134 valence electrons. The lowest BCUT2D eigenvalue weighted by Crippen LogP contribution is -2.46. The zero-order valence-corrected chi connectivity index (χ0v) is 15.1. The number of hydrogen-bond acceptors (Lipinski definition) is 7. The van der Waals surface area contributed by atoms with Gasteiger partial charge < -0.3 is 4.52 Å². The van der Waals surface area contributed by atoms with E-state index in [1.54, 1.807) is 0 Å². The van der Waals surface area contributed by atoms with Gasteiger partial charge in [0.15, 0.2) is 5.82 Å². The highest BCUT2D eigenvalue weighted by Crippen LogP contribution is 2.38. The summed E-state index contributed by atoms with van der Waals surface area (Å²) in [4.78, 5) is 18.2. The van der Waals surface area contributed by atoms with Crippen molar-refractivity contribution in [1.29, 1.82) is 0 Å². The van der Waals surface area contributed by atoms with Gasteiger partial charge in [-0.15, -0.1) is 0 Å². The van der Waals surface area contributed by atoms with Crippen molar-refractivity contribution >= 4 is 0 Å². The SMILES string of the molecule is Cc1cnc(CN(C)[C@@H]2CCCN(Cc3noc(C4CC4)n3)C2)cn1. The Morgan fingerprint density at radius 2 is 2.12 bits per heavy atom. The van der Waals surface area contributed by atoms with Crippen LogP contribution >= 0.6 is 0 Å². The van der Waals surface area contributed by atoms with Crippen molar-refractivity contribution in [3.8, 4) is 0 Å². The summed E-state index contributed by atoms with van der Waals surface area (Å²) in [7, 11) is 2.18. The first kappa shape index (κ1) is 16.6. The van der Waals surface area contributed by atoms with E-state index in [0.29, 0.717) is 12.0 Å². The third-order valence-corrected chi connectivity index (χ3v) is 5.13. The predicted octanol–water partition coefficient (Wildman–Crippen LogP) is 2.14. The molecule has 0 radical (unpaired) electrons. The van der Waals surface area contributed by atoms with Gasteiger partial charge in [0, 0.05) is 37.4 Å². The Kier molecular flexibility index (Phi) is 4.76. The number of likely N-dealkylation sites (tertiary alicyclic amines) is 1. The van der Waals surface area contributed by atoms with Crippen molar-refractivity contribution in [3.05, 3.63) is 35.5 Å². The van der Waals surface area contributed by atoms with Gasteiger partial charge >= 0.3 is 0 Å². The summed E-state index contributed by atoms with van der Waals surface area (Å²) in [6.07, 6.45) is 8.52. The number of hydrogen-bond donors (Lipinski definition) is 0. The van der Waals surface area contributed by atoms with Crippen molar-refractivity contribution in [1.82, 2.24) is 29.9 Å². The lowest BCUT2D eigenvalue weighted by molar-refractivity contribution is 0.104. The van der Waals surface area contributed by atoms with Gasteiger partial charge in [0.25, 0.3) is 0 Å². The first-order valence-corrected chi connectivity index (χ1v) is 9.20. The fraction of sp³-hybridized carbons (Fsp3) is 0.667. The highest BCUT2D eigenvalue weighted by Gasteiger charge is 2.30. The molecule has 1 saturated heterocycles. The fourth-order valence-corrected chi connectivity index (χ4v) is 3.45. The second kappa shape index (κ2) is 7.17. The molecular formula is C18H26N6O. The maximum Gasteiger partial charge on any atom is 0.229 e. The standard InChI is InChI=1S/C18H26N6O/c1-13-8-20-15(9-19-13)10-23(2)16-4-3-7-24(11-16)12-17-21-18(25-22-17)14-5-6-14/h8-9,14,16H,3-7,10-12H2,1-2H3/t16-/m1/s1. The molecule has 1 atom stereocenters. The number of rotatable bonds is 6. The normalized spacial score (nSPS) is 21.8. The zero-order chi connectivity index (χ0) is 17.2. The lowest BCUT2D eigenvalue weighted by atomic mass is 10.0. The van der Waals surface area contributed by atoms with E-state index < -0.39 is 0 Å². The van der Waals surface area contributed by atoms with Crippen molar-refractivity contribution in [2.45, 2.75) is 57.7 Å². The van der Waals surface area contributed by atoms with Gasteiger partial charge in [-0.3, -0.25) is 19.8 Å². The summed E-state index contributed by atoms with van der Waals surface area (Å²) < 4.78 is 5.38. The van der Waals surface area contributed by atoms with Crippen molar-refractivity contribution in [2.24, 2.45) is 0 Å². The zero-order valence-electron chi connectivity index (χ0n) is 15.1. The lowest BCUT2D eigenvalue weighted by Gasteiger charge is -2.37. The quantitative estimate of drug-likeness (QED) is 0.796. The topological polar surface area (TPSA) is 71.2 Å². The molecule has 1 aliphatic carbocycles. The van der Waals surface area contributed by atoms with Crippen LogP contribution in [0.15, 0.2) is 16.9 Å². The van der Waals surface area contributed by atoms with E-state index in [1.165, 1.54) is 25.7 Å². The molecule has 0 spiro atoms. The summed E-state index contributed by atoms with van der Waals surface area (Å²) in [5, 5.41) is 4.16. The minimum atomic E-state index is 0.520. The maximum absolute atomic E-state index is 5.38. The van der Waals surface area contributed by atoms with Crippen LogP contribution in [-0.4, -0.2) is 56.1 Å². The van der Waals surface area contributed by atoms with Crippen molar-refractivity contribution in [2.75, 3.05) is 20.1 Å². The number of aromatic nitrogens is 4. The van der Waals surface area contributed by atoms with E-state index in [1.807, 2.05) is 19.3 Å². The van der Waals surface area contributed by atoms with Crippen LogP contribution in [0.25, 0.3) is 0 Å². The molecule has 25 heavy (non-hydrogen) atoms. The van der Waals surface area contributed by atoms with E-state index in [9.17, 15) is 0 Å². The molecule has 0 N–H and O–H groups in total. The van der Waals surface area contributed by atoms with Crippen LogP contribution in [0, 0.1) is 6.92 Å². The average Bonchev–Trinajstić information content (AvgIpc) is 3.37. The molecule has 7 nitrogen and oxygen atoms in total. The Morgan fingerprint density at radius 1 is 1.24 bits per heavy atom. The summed E-state index contributed by atoms with van der Waals surface area (Å²) >= 11 is 0. The first-order chi connectivity index (χ1) is 12.2. The Labute approximate surface area is 148 Å². The minimum Gasteiger partial charge on any atom is -0.339 e.